The molecule has 1 fully saturated rings. The summed E-state index contributed by atoms with van der Waals surface area (Å²) in [6.45, 7) is 9.54. The minimum absolute atomic E-state index is 0.311. The molecule has 0 aliphatic carbocycles. The van der Waals surface area contributed by atoms with Crippen molar-refractivity contribution in [3.63, 3.8) is 0 Å². The molecule has 0 atom stereocenters. The minimum Gasteiger partial charge on any atom is -0.330 e. The molecule has 0 unspecified atom stereocenters. The van der Waals surface area contributed by atoms with Crippen LogP contribution in [0.3, 0.4) is 0 Å². The summed E-state index contributed by atoms with van der Waals surface area (Å²) in [5.74, 6) is 0.448. The molecule has 0 radical (unpaired) electrons. The predicted molar refractivity (Wildman–Crippen MR) is 74.2 cm³/mol. The fourth-order valence-electron chi connectivity index (χ4n) is 2.09. The van der Waals surface area contributed by atoms with Crippen LogP contribution < -0.4 is 5.73 Å². The quantitative estimate of drug-likeness (QED) is 0.690. The van der Waals surface area contributed by atoms with Crippen molar-refractivity contribution in [1.82, 2.24) is 8.61 Å². The second kappa shape index (κ2) is 7.04. The lowest BCUT2D eigenvalue weighted by atomic mass is 9.99. The highest BCUT2D eigenvalue weighted by Gasteiger charge is 2.31. The van der Waals surface area contributed by atoms with E-state index in [-0.39, 0.29) is 0 Å². The van der Waals surface area contributed by atoms with Gasteiger partial charge in [0.15, 0.2) is 0 Å². The average Bonchev–Trinajstić information content (AvgIpc) is 2.38. The molecule has 104 valence electrons. The van der Waals surface area contributed by atoms with Crippen LogP contribution in [-0.4, -0.2) is 49.8 Å². The molecule has 1 aliphatic rings. The molecule has 18 heavy (non-hydrogen) atoms. The molecule has 6 heteroatoms. The fraction of sp³-hybridized carbons (Fsp3) is 0.667. The van der Waals surface area contributed by atoms with Gasteiger partial charge in [-0.3, -0.25) is 0 Å². The van der Waals surface area contributed by atoms with Crippen molar-refractivity contribution in [1.29, 1.82) is 0 Å². The summed E-state index contributed by atoms with van der Waals surface area (Å²) in [5, 5.41) is 0. The van der Waals surface area contributed by atoms with E-state index in [0.717, 1.165) is 12.8 Å². The lowest BCUT2D eigenvalue weighted by Crippen LogP contribution is -2.47. The zero-order chi connectivity index (χ0) is 13.6. The predicted octanol–water partition coefficient (Wildman–Crippen LogP) is 0.576. The Balaban J connectivity index is 2.72. The maximum atomic E-state index is 12.4. The molecular formula is C12H23N3O2S. The summed E-state index contributed by atoms with van der Waals surface area (Å²) >= 11 is 0. The number of nitrogens with two attached hydrogens (primary N) is 1. The third-order valence-electron chi connectivity index (χ3n) is 3.22. The highest BCUT2D eigenvalue weighted by Crippen LogP contribution is 2.20. The molecule has 0 aromatic heterocycles. The lowest BCUT2D eigenvalue weighted by Gasteiger charge is -2.34. The second-order valence-corrected chi connectivity index (χ2v) is 6.41. The Labute approximate surface area is 110 Å². The number of hydrogen-bond donors (Lipinski definition) is 1. The minimum atomic E-state index is -3.40. The maximum Gasteiger partial charge on any atom is 0.282 e. The Morgan fingerprint density at radius 1 is 1.22 bits per heavy atom. The van der Waals surface area contributed by atoms with Gasteiger partial charge in [-0.1, -0.05) is 12.2 Å². The van der Waals surface area contributed by atoms with Crippen molar-refractivity contribution in [3.8, 4) is 0 Å². The highest BCUT2D eigenvalue weighted by atomic mass is 32.2. The zero-order valence-electron chi connectivity index (χ0n) is 10.8. The number of nitrogens with zero attached hydrogens (tertiary/aromatic N) is 2. The summed E-state index contributed by atoms with van der Waals surface area (Å²) in [6.07, 6.45) is 4.86. The Morgan fingerprint density at radius 2 is 1.72 bits per heavy atom. The molecule has 0 aromatic rings. The van der Waals surface area contributed by atoms with Crippen molar-refractivity contribution in [2.24, 2.45) is 11.7 Å². The molecule has 0 bridgehead atoms. The van der Waals surface area contributed by atoms with Gasteiger partial charge in [-0.15, -0.1) is 13.2 Å². The molecule has 1 saturated heterocycles. The highest BCUT2D eigenvalue weighted by molar-refractivity contribution is 7.86. The monoisotopic (exact) mass is 273 g/mol. The molecular weight excluding hydrogens is 250 g/mol. The van der Waals surface area contributed by atoms with Crippen molar-refractivity contribution in [2.45, 2.75) is 12.8 Å². The third kappa shape index (κ3) is 3.65. The van der Waals surface area contributed by atoms with E-state index >= 15 is 0 Å². The van der Waals surface area contributed by atoms with Crippen LogP contribution in [0.2, 0.25) is 0 Å². The van der Waals surface area contributed by atoms with Crippen LogP contribution in [0.4, 0.5) is 0 Å². The normalized spacial score (nSPS) is 19.0. The molecule has 0 aromatic carbocycles. The van der Waals surface area contributed by atoms with Gasteiger partial charge in [-0.05, 0) is 25.3 Å². The van der Waals surface area contributed by atoms with Crippen LogP contribution in [0.5, 0.6) is 0 Å². The summed E-state index contributed by atoms with van der Waals surface area (Å²) in [5.41, 5.74) is 5.61. The second-order valence-electron chi connectivity index (χ2n) is 4.48. The summed E-state index contributed by atoms with van der Waals surface area (Å²) in [7, 11) is -3.40. The third-order valence-corrected chi connectivity index (χ3v) is 5.19. The van der Waals surface area contributed by atoms with Gasteiger partial charge in [-0.25, -0.2) is 0 Å². The molecule has 0 saturated carbocycles. The van der Waals surface area contributed by atoms with Gasteiger partial charge in [0.25, 0.3) is 10.2 Å². The molecule has 1 aliphatic heterocycles. The first kappa shape index (κ1) is 15.4. The number of piperidine rings is 1. The Morgan fingerprint density at radius 3 is 2.11 bits per heavy atom. The number of hydrogen-bond acceptors (Lipinski definition) is 3. The molecule has 0 spiro atoms. The summed E-state index contributed by atoms with van der Waals surface area (Å²) in [4.78, 5) is 0. The summed E-state index contributed by atoms with van der Waals surface area (Å²) < 4.78 is 27.7. The first-order valence-electron chi connectivity index (χ1n) is 6.23. The van der Waals surface area contributed by atoms with E-state index in [1.807, 2.05) is 0 Å². The van der Waals surface area contributed by atoms with Crippen molar-refractivity contribution in [3.05, 3.63) is 25.3 Å². The van der Waals surface area contributed by atoms with E-state index in [4.69, 9.17) is 5.73 Å². The van der Waals surface area contributed by atoms with E-state index in [1.54, 1.807) is 12.2 Å². The molecule has 1 heterocycles. The Hall–Kier alpha value is -0.690. The van der Waals surface area contributed by atoms with Gasteiger partial charge in [-0.2, -0.15) is 17.0 Å². The van der Waals surface area contributed by atoms with E-state index in [1.165, 1.54) is 8.61 Å². The largest absolute Gasteiger partial charge is 0.330 e. The van der Waals surface area contributed by atoms with E-state index in [9.17, 15) is 8.42 Å². The Kier molecular flexibility index (Phi) is 6.01. The van der Waals surface area contributed by atoms with Crippen LogP contribution in [0.25, 0.3) is 0 Å². The first-order valence-corrected chi connectivity index (χ1v) is 7.63. The van der Waals surface area contributed by atoms with Crippen LogP contribution in [-0.2, 0) is 10.2 Å². The van der Waals surface area contributed by atoms with Gasteiger partial charge in [0.05, 0.1) is 0 Å². The van der Waals surface area contributed by atoms with Crippen LogP contribution >= 0.6 is 0 Å². The van der Waals surface area contributed by atoms with Gasteiger partial charge in [0, 0.05) is 26.2 Å². The molecule has 2 N–H and O–H groups in total. The van der Waals surface area contributed by atoms with Gasteiger partial charge >= 0.3 is 0 Å². The average molecular weight is 273 g/mol. The maximum absolute atomic E-state index is 12.4. The van der Waals surface area contributed by atoms with E-state index < -0.39 is 10.2 Å². The first-order chi connectivity index (χ1) is 8.56. The summed E-state index contributed by atoms with van der Waals surface area (Å²) in [6, 6.07) is 0. The van der Waals surface area contributed by atoms with E-state index in [2.05, 4.69) is 13.2 Å². The van der Waals surface area contributed by atoms with Gasteiger partial charge in [0.1, 0.15) is 0 Å². The smallest absolute Gasteiger partial charge is 0.282 e. The van der Waals surface area contributed by atoms with Crippen LogP contribution in [0.1, 0.15) is 12.8 Å². The number of rotatable bonds is 7. The van der Waals surface area contributed by atoms with Gasteiger partial charge in [0.2, 0.25) is 0 Å². The standard InChI is InChI=1S/C12H23N3O2S/c1-3-7-14(8-4-2)18(16,17)15-9-5-12(11-13)6-10-15/h3-4,12H,1-2,5-11,13H2. The zero-order valence-corrected chi connectivity index (χ0v) is 11.6. The SMILES string of the molecule is C=CCN(CC=C)S(=O)(=O)N1CCC(CN)CC1. The Bertz CT molecular complexity index is 363. The fourth-order valence-corrected chi connectivity index (χ4v) is 3.68. The molecule has 0 amide bonds. The topological polar surface area (TPSA) is 66.6 Å². The van der Waals surface area contributed by atoms with Crippen molar-refractivity contribution < 1.29 is 8.42 Å². The van der Waals surface area contributed by atoms with Gasteiger partial charge < -0.3 is 5.73 Å². The lowest BCUT2D eigenvalue weighted by molar-refractivity contribution is 0.262. The van der Waals surface area contributed by atoms with Crippen molar-refractivity contribution in [2.75, 3.05) is 32.7 Å². The molecule has 5 nitrogen and oxygen atoms in total. The van der Waals surface area contributed by atoms with Crippen LogP contribution in [0.15, 0.2) is 25.3 Å². The van der Waals surface area contributed by atoms with Crippen molar-refractivity contribution >= 4 is 10.2 Å². The molecule has 1 rings (SSSR count). The van der Waals surface area contributed by atoms with E-state index in [0.29, 0.717) is 38.6 Å². The van der Waals surface area contributed by atoms with Crippen LogP contribution in [0, 0.1) is 5.92 Å².